The SMILES string of the molecule is CC(CN)C(=O)N[C@H](C)c1cccc(Cl)c1. The van der Waals surface area contributed by atoms with Crippen LogP contribution < -0.4 is 11.1 Å². The number of benzene rings is 1. The lowest BCUT2D eigenvalue weighted by atomic mass is 10.1. The van der Waals surface area contributed by atoms with Crippen LogP contribution in [0.4, 0.5) is 0 Å². The summed E-state index contributed by atoms with van der Waals surface area (Å²) in [5.74, 6) is -0.198. The first-order chi connectivity index (χ1) is 7.54. The van der Waals surface area contributed by atoms with E-state index in [2.05, 4.69) is 5.32 Å². The second-order valence-corrected chi connectivity index (χ2v) is 4.36. The molecule has 0 aliphatic rings. The van der Waals surface area contributed by atoms with Crippen LogP contribution in [0.3, 0.4) is 0 Å². The van der Waals surface area contributed by atoms with Crippen LogP contribution in [0, 0.1) is 5.92 Å². The smallest absolute Gasteiger partial charge is 0.224 e. The van der Waals surface area contributed by atoms with Gasteiger partial charge in [0.15, 0.2) is 0 Å². The third-order valence-electron chi connectivity index (χ3n) is 2.51. The molecule has 1 aromatic rings. The quantitative estimate of drug-likeness (QED) is 0.847. The number of carbonyl (C=O) groups is 1. The third kappa shape index (κ3) is 3.51. The fraction of sp³-hybridized carbons (Fsp3) is 0.417. The van der Waals surface area contributed by atoms with E-state index in [9.17, 15) is 4.79 Å². The molecule has 3 N–H and O–H groups in total. The highest BCUT2D eigenvalue weighted by Crippen LogP contribution is 2.17. The van der Waals surface area contributed by atoms with Crippen LogP contribution in [0.1, 0.15) is 25.5 Å². The Bertz CT molecular complexity index is 368. The molecule has 0 aliphatic carbocycles. The number of nitrogens with one attached hydrogen (secondary N) is 1. The Labute approximate surface area is 101 Å². The molecular weight excluding hydrogens is 224 g/mol. The molecule has 0 bridgehead atoms. The Kier molecular flexibility index (Phi) is 4.77. The lowest BCUT2D eigenvalue weighted by molar-refractivity contribution is -0.124. The van der Waals surface area contributed by atoms with E-state index in [4.69, 9.17) is 17.3 Å². The molecule has 0 aromatic heterocycles. The Balaban J connectivity index is 2.65. The van der Waals surface area contributed by atoms with Gasteiger partial charge in [0.25, 0.3) is 0 Å². The van der Waals surface area contributed by atoms with Gasteiger partial charge in [-0.15, -0.1) is 0 Å². The van der Waals surface area contributed by atoms with E-state index in [1.165, 1.54) is 0 Å². The molecule has 2 atom stereocenters. The molecule has 16 heavy (non-hydrogen) atoms. The Morgan fingerprint density at radius 3 is 2.75 bits per heavy atom. The van der Waals surface area contributed by atoms with Gasteiger partial charge in [-0.25, -0.2) is 0 Å². The van der Waals surface area contributed by atoms with Gasteiger partial charge in [-0.1, -0.05) is 30.7 Å². The van der Waals surface area contributed by atoms with Gasteiger partial charge in [0.1, 0.15) is 0 Å². The zero-order valence-electron chi connectivity index (χ0n) is 9.53. The van der Waals surface area contributed by atoms with E-state index in [1.54, 1.807) is 6.92 Å². The average Bonchev–Trinajstić information content (AvgIpc) is 2.27. The summed E-state index contributed by atoms with van der Waals surface area (Å²) in [6, 6.07) is 7.40. The summed E-state index contributed by atoms with van der Waals surface area (Å²) in [5.41, 5.74) is 6.42. The molecule has 3 nitrogen and oxygen atoms in total. The normalized spacial score (nSPS) is 14.2. The molecule has 4 heteroatoms. The van der Waals surface area contributed by atoms with Gasteiger partial charge in [-0.3, -0.25) is 4.79 Å². The number of nitrogens with two attached hydrogens (primary N) is 1. The molecule has 1 aromatic carbocycles. The highest BCUT2D eigenvalue weighted by molar-refractivity contribution is 6.30. The van der Waals surface area contributed by atoms with E-state index >= 15 is 0 Å². The van der Waals surface area contributed by atoms with Crippen molar-refractivity contribution in [3.63, 3.8) is 0 Å². The highest BCUT2D eigenvalue weighted by Gasteiger charge is 2.14. The zero-order chi connectivity index (χ0) is 12.1. The minimum atomic E-state index is -0.165. The Morgan fingerprint density at radius 2 is 2.19 bits per heavy atom. The van der Waals surface area contributed by atoms with E-state index in [0.29, 0.717) is 11.6 Å². The van der Waals surface area contributed by atoms with Crippen molar-refractivity contribution in [1.82, 2.24) is 5.32 Å². The predicted octanol–water partition coefficient (Wildman–Crippen LogP) is 2.11. The molecule has 0 saturated carbocycles. The van der Waals surface area contributed by atoms with Crippen LogP contribution in [0.2, 0.25) is 5.02 Å². The van der Waals surface area contributed by atoms with Crippen LogP contribution >= 0.6 is 11.6 Å². The van der Waals surface area contributed by atoms with Crippen molar-refractivity contribution >= 4 is 17.5 Å². The molecule has 0 saturated heterocycles. The van der Waals surface area contributed by atoms with Crippen molar-refractivity contribution < 1.29 is 4.79 Å². The maximum Gasteiger partial charge on any atom is 0.224 e. The first-order valence-corrected chi connectivity index (χ1v) is 5.68. The number of amides is 1. The molecule has 0 fully saturated rings. The number of halogens is 1. The van der Waals surface area contributed by atoms with Crippen LogP contribution in [0.5, 0.6) is 0 Å². The van der Waals surface area contributed by atoms with Gasteiger partial charge in [-0.05, 0) is 24.6 Å². The molecule has 1 unspecified atom stereocenters. The fourth-order valence-corrected chi connectivity index (χ4v) is 1.52. The van der Waals surface area contributed by atoms with Crippen molar-refractivity contribution in [2.45, 2.75) is 19.9 Å². The summed E-state index contributed by atoms with van der Waals surface area (Å²) in [4.78, 5) is 11.6. The minimum Gasteiger partial charge on any atom is -0.349 e. The second-order valence-electron chi connectivity index (χ2n) is 3.92. The molecule has 0 aliphatic heterocycles. The molecule has 88 valence electrons. The summed E-state index contributed by atoms with van der Waals surface area (Å²) >= 11 is 5.88. The molecule has 1 amide bonds. The number of rotatable bonds is 4. The molecule has 1 rings (SSSR count). The van der Waals surface area contributed by atoms with Crippen molar-refractivity contribution in [3.05, 3.63) is 34.9 Å². The standard InChI is InChI=1S/C12H17ClN2O/c1-8(7-14)12(16)15-9(2)10-4-3-5-11(13)6-10/h3-6,8-9H,7,14H2,1-2H3,(H,15,16)/t8?,9-/m1/s1. The maximum absolute atomic E-state index is 11.6. The third-order valence-corrected chi connectivity index (χ3v) is 2.74. The first-order valence-electron chi connectivity index (χ1n) is 5.30. The summed E-state index contributed by atoms with van der Waals surface area (Å²) in [6.07, 6.45) is 0. The van der Waals surface area contributed by atoms with Crippen molar-refractivity contribution in [2.75, 3.05) is 6.54 Å². The maximum atomic E-state index is 11.6. The van der Waals surface area contributed by atoms with Gasteiger partial charge < -0.3 is 11.1 Å². The van der Waals surface area contributed by atoms with E-state index in [-0.39, 0.29) is 17.9 Å². The Morgan fingerprint density at radius 1 is 1.50 bits per heavy atom. The van der Waals surface area contributed by atoms with Crippen LogP contribution in [-0.4, -0.2) is 12.5 Å². The molecule has 0 heterocycles. The van der Waals surface area contributed by atoms with E-state index < -0.39 is 0 Å². The monoisotopic (exact) mass is 240 g/mol. The fourth-order valence-electron chi connectivity index (χ4n) is 1.32. The Hall–Kier alpha value is -1.06. The van der Waals surface area contributed by atoms with E-state index in [0.717, 1.165) is 5.56 Å². The number of carbonyl (C=O) groups excluding carboxylic acids is 1. The van der Waals surface area contributed by atoms with Crippen LogP contribution in [0.15, 0.2) is 24.3 Å². The number of hydrogen-bond donors (Lipinski definition) is 2. The molecule has 0 radical (unpaired) electrons. The average molecular weight is 241 g/mol. The lowest BCUT2D eigenvalue weighted by Crippen LogP contribution is -2.34. The minimum absolute atomic E-state index is 0.0324. The van der Waals surface area contributed by atoms with Crippen LogP contribution in [-0.2, 0) is 4.79 Å². The summed E-state index contributed by atoms with van der Waals surface area (Å²) in [5, 5.41) is 3.57. The van der Waals surface area contributed by atoms with Crippen molar-refractivity contribution in [1.29, 1.82) is 0 Å². The predicted molar refractivity (Wildman–Crippen MR) is 66.2 cm³/mol. The first kappa shape index (κ1) is 13.0. The van der Waals surface area contributed by atoms with E-state index in [1.807, 2.05) is 31.2 Å². The van der Waals surface area contributed by atoms with Crippen molar-refractivity contribution in [2.24, 2.45) is 11.7 Å². The topological polar surface area (TPSA) is 55.1 Å². The zero-order valence-corrected chi connectivity index (χ0v) is 10.3. The summed E-state index contributed by atoms with van der Waals surface area (Å²) < 4.78 is 0. The second kappa shape index (κ2) is 5.87. The molecular formula is C12H17ClN2O. The van der Waals surface area contributed by atoms with Gasteiger partial charge in [0.2, 0.25) is 5.91 Å². The molecule has 0 spiro atoms. The van der Waals surface area contributed by atoms with Crippen molar-refractivity contribution in [3.8, 4) is 0 Å². The van der Waals surface area contributed by atoms with Gasteiger partial charge in [-0.2, -0.15) is 0 Å². The van der Waals surface area contributed by atoms with Gasteiger partial charge >= 0.3 is 0 Å². The van der Waals surface area contributed by atoms with Crippen LogP contribution in [0.25, 0.3) is 0 Å². The summed E-state index contributed by atoms with van der Waals surface area (Å²) in [7, 11) is 0. The largest absolute Gasteiger partial charge is 0.349 e. The summed E-state index contributed by atoms with van der Waals surface area (Å²) in [6.45, 7) is 4.08. The van der Waals surface area contributed by atoms with Gasteiger partial charge in [0.05, 0.1) is 6.04 Å². The lowest BCUT2D eigenvalue weighted by Gasteiger charge is -2.17. The highest BCUT2D eigenvalue weighted by atomic mass is 35.5. The number of hydrogen-bond acceptors (Lipinski definition) is 2. The van der Waals surface area contributed by atoms with Gasteiger partial charge in [0, 0.05) is 17.5 Å².